The lowest BCUT2D eigenvalue weighted by molar-refractivity contribution is 0.630. The largest absolute Gasteiger partial charge is 0.274 e. The first-order valence-electron chi connectivity index (χ1n) is 3.03. The number of nitrogens with zero attached hydrogens (tertiary/aromatic N) is 1. The number of aromatic nitrogens is 1. The molecule has 1 heterocycles. The number of hydrogen-bond donors (Lipinski definition) is 0. The summed E-state index contributed by atoms with van der Waals surface area (Å²) in [6.45, 7) is 0. The summed E-state index contributed by atoms with van der Waals surface area (Å²) in [4.78, 5) is 3.87. The highest BCUT2D eigenvalue weighted by molar-refractivity contribution is 7.21. The van der Waals surface area contributed by atoms with E-state index >= 15 is 0 Å². The molecule has 0 aliphatic carbocycles. The number of rotatable bonds is 0. The summed E-state index contributed by atoms with van der Waals surface area (Å²) in [6, 6.07) is 4.33. The Morgan fingerprint density at radius 1 is 1.45 bits per heavy atom. The maximum absolute atomic E-state index is 12.6. The SMILES string of the molecule is [NH]c1nc2ccc(F)cc2s1. The van der Waals surface area contributed by atoms with Gasteiger partial charge in [0.15, 0.2) is 0 Å². The van der Waals surface area contributed by atoms with Gasteiger partial charge in [0.2, 0.25) is 5.13 Å². The van der Waals surface area contributed by atoms with Crippen LogP contribution in [0, 0.1) is 5.82 Å². The van der Waals surface area contributed by atoms with Gasteiger partial charge in [-0.1, -0.05) is 11.3 Å². The Morgan fingerprint density at radius 2 is 2.27 bits per heavy atom. The molecule has 0 unspecified atom stereocenters. The number of hydrogen-bond acceptors (Lipinski definition) is 2. The molecule has 1 N–H and O–H groups in total. The summed E-state index contributed by atoms with van der Waals surface area (Å²) in [5.41, 5.74) is 7.87. The van der Waals surface area contributed by atoms with Crippen molar-refractivity contribution in [2.75, 3.05) is 0 Å². The number of thiazole rings is 1. The minimum absolute atomic E-state index is 0.227. The molecule has 55 valence electrons. The number of fused-ring (bicyclic) bond motifs is 1. The van der Waals surface area contributed by atoms with E-state index in [4.69, 9.17) is 5.73 Å². The maximum Gasteiger partial charge on any atom is 0.202 e. The van der Waals surface area contributed by atoms with Crippen molar-refractivity contribution in [1.82, 2.24) is 10.7 Å². The van der Waals surface area contributed by atoms with E-state index in [1.165, 1.54) is 23.5 Å². The monoisotopic (exact) mass is 167 g/mol. The van der Waals surface area contributed by atoms with Crippen molar-refractivity contribution in [2.24, 2.45) is 0 Å². The van der Waals surface area contributed by atoms with Crippen molar-refractivity contribution in [2.45, 2.75) is 0 Å². The number of nitrogens with one attached hydrogen (secondary N) is 1. The average molecular weight is 167 g/mol. The normalized spacial score (nSPS) is 10.6. The molecule has 0 amide bonds. The number of benzene rings is 1. The zero-order valence-electron chi connectivity index (χ0n) is 5.47. The van der Waals surface area contributed by atoms with Crippen molar-refractivity contribution in [3.05, 3.63) is 24.0 Å². The molecule has 4 heteroatoms. The van der Waals surface area contributed by atoms with Crippen LogP contribution in [0.5, 0.6) is 0 Å². The van der Waals surface area contributed by atoms with Crippen LogP contribution >= 0.6 is 11.3 Å². The first-order chi connectivity index (χ1) is 5.25. The molecule has 2 rings (SSSR count). The van der Waals surface area contributed by atoms with Gasteiger partial charge < -0.3 is 0 Å². The third-order valence-electron chi connectivity index (χ3n) is 1.35. The van der Waals surface area contributed by atoms with E-state index in [0.29, 0.717) is 5.52 Å². The van der Waals surface area contributed by atoms with Crippen molar-refractivity contribution >= 4 is 26.7 Å². The van der Waals surface area contributed by atoms with E-state index in [1.807, 2.05) is 0 Å². The predicted octanol–water partition coefficient (Wildman–Crippen LogP) is 2.35. The highest BCUT2D eigenvalue weighted by Crippen LogP contribution is 2.24. The maximum atomic E-state index is 12.6. The molecule has 0 atom stereocenters. The van der Waals surface area contributed by atoms with E-state index in [2.05, 4.69) is 4.98 Å². The second kappa shape index (κ2) is 2.17. The Labute approximate surface area is 66.5 Å². The lowest BCUT2D eigenvalue weighted by Crippen LogP contribution is -1.70. The zero-order valence-corrected chi connectivity index (χ0v) is 6.28. The molecular weight excluding hydrogens is 163 g/mol. The minimum atomic E-state index is -0.277. The molecule has 0 spiro atoms. The van der Waals surface area contributed by atoms with E-state index in [1.54, 1.807) is 6.07 Å². The van der Waals surface area contributed by atoms with Crippen molar-refractivity contribution < 1.29 is 4.39 Å². The van der Waals surface area contributed by atoms with Gasteiger partial charge in [-0.25, -0.2) is 9.37 Å². The van der Waals surface area contributed by atoms with E-state index in [0.717, 1.165) is 4.70 Å². The molecule has 0 saturated carbocycles. The molecule has 1 aromatic heterocycles. The minimum Gasteiger partial charge on any atom is -0.274 e. The molecule has 11 heavy (non-hydrogen) atoms. The van der Waals surface area contributed by atoms with Crippen molar-refractivity contribution in [3.63, 3.8) is 0 Å². The van der Waals surface area contributed by atoms with Crippen LogP contribution in [-0.2, 0) is 0 Å². The molecule has 2 aromatic rings. The van der Waals surface area contributed by atoms with Crippen LogP contribution in [0.25, 0.3) is 10.2 Å². The van der Waals surface area contributed by atoms with Gasteiger partial charge in [-0.15, -0.1) is 0 Å². The fourth-order valence-electron chi connectivity index (χ4n) is 0.898. The smallest absolute Gasteiger partial charge is 0.202 e. The van der Waals surface area contributed by atoms with E-state index in [9.17, 15) is 4.39 Å². The van der Waals surface area contributed by atoms with Gasteiger partial charge in [-0.05, 0) is 18.2 Å². The van der Waals surface area contributed by atoms with Crippen LogP contribution in [0.1, 0.15) is 0 Å². The fraction of sp³-hybridized carbons (Fsp3) is 0. The summed E-state index contributed by atoms with van der Waals surface area (Å²) < 4.78 is 13.3. The molecule has 0 fully saturated rings. The van der Waals surface area contributed by atoms with Crippen LogP contribution in [0.15, 0.2) is 18.2 Å². The second-order valence-corrected chi connectivity index (χ2v) is 3.16. The van der Waals surface area contributed by atoms with E-state index in [-0.39, 0.29) is 10.9 Å². The molecule has 0 aliphatic rings. The third kappa shape index (κ3) is 1.05. The molecule has 2 nitrogen and oxygen atoms in total. The van der Waals surface area contributed by atoms with Gasteiger partial charge in [-0.3, -0.25) is 5.73 Å². The van der Waals surface area contributed by atoms with Gasteiger partial charge in [0.25, 0.3) is 0 Å². The lowest BCUT2D eigenvalue weighted by atomic mass is 10.3. The highest BCUT2D eigenvalue weighted by Gasteiger charge is 2.00. The first kappa shape index (κ1) is 6.54. The summed E-state index contributed by atoms with van der Waals surface area (Å²) in [5.74, 6) is -0.277. The standard InChI is InChI=1S/C7H4FN2S/c8-4-1-2-5-6(3-4)11-7(9)10-5/h1-3,9H. The molecule has 0 saturated heterocycles. The Hall–Kier alpha value is -1.16. The molecule has 0 bridgehead atoms. The Balaban J connectivity index is 2.82. The lowest BCUT2D eigenvalue weighted by Gasteiger charge is -1.85. The van der Waals surface area contributed by atoms with Gasteiger partial charge >= 0.3 is 0 Å². The Morgan fingerprint density at radius 3 is 3.09 bits per heavy atom. The van der Waals surface area contributed by atoms with Crippen LogP contribution in [0.4, 0.5) is 9.52 Å². The average Bonchev–Trinajstić information content (AvgIpc) is 2.27. The van der Waals surface area contributed by atoms with Gasteiger partial charge in [0.1, 0.15) is 5.82 Å². The van der Waals surface area contributed by atoms with Crippen LogP contribution in [0.2, 0.25) is 0 Å². The highest BCUT2D eigenvalue weighted by atomic mass is 32.1. The van der Waals surface area contributed by atoms with Crippen LogP contribution in [0.3, 0.4) is 0 Å². The van der Waals surface area contributed by atoms with Gasteiger partial charge in [0.05, 0.1) is 10.2 Å². The topological polar surface area (TPSA) is 36.7 Å². The molecular formula is C7H4FN2S. The second-order valence-electron chi connectivity index (χ2n) is 2.13. The van der Waals surface area contributed by atoms with E-state index < -0.39 is 0 Å². The predicted molar refractivity (Wildman–Crippen MR) is 42.3 cm³/mol. The Kier molecular flexibility index (Phi) is 1.29. The number of halogens is 1. The Bertz CT molecular complexity index is 396. The first-order valence-corrected chi connectivity index (χ1v) is 3.85. The summed E-state index contributed by atoms with van der Waals surface area (Å²) >= 11 is 1.18. The quantitative estimate of drug-likeness (QED) is 0.593. The molecule has 1 aromatic carbocycles. The zero-order chi connectivity index (χ0) is 7.84. The van der Waals surface area contributed by atoms with Crippen molar-refractivity contribution in [1.29, 1.82) is 0 Å². The third-order valence-corrected chi connectivity index (χ3v) is 2.18. The molecule has 1 radical (unpaired) electrons. The summed E-state index contributed by atoms with van der Waals surface area (Å²) in [7, 11) is 0. The van der Waals surface area contributed by atoms with Gasteiger partial charge in [-0.2, -0.15) is 0 Å². The fourth-order valence-corrected chi connectivity index (χ4v) is 1.64. The molecule has 0 aliphatic heterocycles. The summed E-state index contributed by atoms with van der Waals surface area (Å²) in [6.07, 6.45) is 0. The van der Waals surface area contributed by atoms with Crippen molar-refractivity contribution in [3.8, 4) is 0 Å². The summed E-state index contributed by atoms with van der Waals surface area (Å²) in [5, 5.41) is 0.227. The van der Waals surface area contributed by atoms with Crippen LogP contribution < -0.4 is 5.73 Å². The van der Waals surface area contributed by atoms with Gasteiger partial charge in [0, 0.05) is 0 Å². The van der Waals surface area contributed by atoms with Crippen LogP contribution in [-0.4, -0.2) is 4.98 Å².